The van der Waals surface area contributed by atoms with Gasteiger partial charge in [-0.1, -0.05) is 26.0 Å². The van der Waals surface area contributed by atoms with Crippen LogP contribution in [-0.2, 0) is 6.42 Å². The summed E-state index contributed by atoms with van der Waals surface area (Å²) >= 11 is 0. The van der Waals surface area contributed by atoms with Crippen LogP contribution in [0.1, 0.15) is 47.7 Å². The van der Waals surface area contributed by atoms with Crippen LogP contribution in [0.3, 0.4) is 0 Å². The lowest BCUT2D eigenvalue weighted by molar-refractivity contribution is 0.0952. The third-order valence-electron chi connectivity index (χ3n) is 5.21. The van der Waals surface area contributed by atoms with Crippen molar-refractivity contribution in [3.63, 3.8) is 0 Å². The SMILES string of the molecule is CC(C)c1ccc2nc3ccc(C(=O)NCCCc4cccnc4)cn3c(=O)c2c1.Cl.Cl. The van der Waals surface area contributed by atoms with E-state index in [1.807, 2.05) is 36.5 Å². The van der Waals surface area contributed by atoms with E-state index in [1.54, 1.807) is 24.5 Å². The number of hydrogen-bond acceptors (Lipinski definition) is 4. The van der Waals surface area contributed by atoms with Crippen molar-refractivity contribution in [1.82, 2.24) is 19.7 Å². The molecule has 0 aliphatic heterocycles. The van der Waals surface area contributed by atoms with Gasteiger partial charge in [-0.25, -0.2) is 4.98 Å². The highest BCUT2D eigenvalue weighted by Gasteiger charge is 2.11. The molecule has 6 nitrogen and oxygen atoms in total. The van der Waals surface area contributed by atoms with Gasteiger partial charge in [-0.05, 0) is 60.2 Å². The maximum atomic E-state index is 13.0. The highest BCUT2D eigenvalue weighted by Crippen LogP contribution is 2.19. The van der Waals surface area contributed by atoms with Crippen molar-refractivity contribution in [2.24, 2.45) is 0 Å². The molecule has 1 amide bonds. The monoisotopic (exact) mass is 472 g/mol. The van der Waals surface area contributed by atoms with Gasteiger partial charge in [-0.3, -0.25) is 19.0 Å². The van der Waals surface area contributed by atoms with Crippen LogP contribution in [-0.4, -0.2) is 26.8 Å². The molecule has 0 aliphatic rings. The Balaban J connectivity index is 0.00000181. The molecule has 0 saturated heterocycles. The van der Waals surface area contributed by atoms with Gasteiger partial charge in [0.05, 0.1) is 16.5 Å². The largest absolute Gasteiger partial charge is 0.352 e. The third kappa shape index (κ3) is 5.44. The quantitative estimate of drug-likeness (QED) is 0.329. The van der Waals surface area contributed by atoms with Crippen LogP contribution in [0.2, 0.25) is 0 Å². The first-order valence-corrected chi connectivity index (χ1v) is 10.2. The topological polar surface area (TPSA) is 76.4 Å². The fraction of sp³-hybridized carbons (Fsp3) is 0.250. The number of fused-ring (bicyclic) bond motifs is 2. The van der Waals surface area contributed by atoms with Crippen molar-refractivity contribution >= 4 is 47.3 Å². The Morgan fingerprint density at radius 3 is 2.66 bits per heavy atom. The number of nitrogens with zero attached hydrogens (tertiary/aromatic N) is 3. The average molecular weight is 473 g/mol. The van der Waals surface area contributed by atoms with Crippen LogP contribution >= 0.6 is 24.8 Å². The van der Waals surface area contributed by atoms with E-state index in [-0.39, 0.29) is 36.3 Å². The minimum Gasteiger partial charge on any atom is -0.352 e. The zero-order chi connectivity index (χ0) is 21.1. The Kier molecular flexibility index (Phi) is 8.75. The van der Waals surface area contributed by atoms with Crippen molar-refractivity contribution in [3.05, 3.63) is 88.1 Å². The van der Waals surface area contributed by atoms with Gasteiger partial charge >= 0.3 is 0 Å². The van der Waals surface area contributed by atoms with E-state index in [0.29, 0.717) is 34.6 Å². The Hall–Kier alpha value is -2.96. The molecule has 0 saturated carbocycles. The number of benzene rings is 1. The van der Waals surface area contributed by atoms with Gasteiger partial charge in [0.1, 0.15) is 5.65 Å². The molecule has 0 unspecified atom stereocenters. The highest BCUT2D eigenvalue weighted by atomic mass is 35.5. The van der Waals surface area contributed by atoms with Gasteiger partial charge < -0.3 is 5.32 Å². The normalized spacial score (nSPS) is 10.6. The predicted molar refractivity (Wildman–Crippen MR) is 132 cm³/mol. The number of pyridine rings is 2. The smallest absolute Gasteiger partial charge is 0.265 e. The van der Waals surface area contributed by atoms with Crippen molar-refractivity contribution in [2.75, 3.05) is 6.54 Å². The highest BCUT2D eigenvalue weighted by molar-refractivity contribution is 5.94. The van der Waals surface area contributed by atoms with Gasteiger partial charge in [0.2, 0.25) is 0 Å². The summed E-state index contributed by atoms with van der Waals surface area (Å²) in [6, 6.07) is 13.1. The summed E-state index contributed by atoms with van der Waals surface area (Å²) < 4.78 is 1.46. The standard InChI is InChI=1S/C24H24N4O2.2ClH/c1-16(2)18-7-9-21-20(13-18)24(30)28-15-19(8-10-22(28)27-21)23(29)26-12-4-6-17-5-3-11-25-14-17;;/h3,5,7-11,13-16H,4,6,12H2,1-2H3,(H,26,29);2*1H. The molecule has 0 bridgehead atoms. The number of aryl methyl sites for hydroxylation is 1. The van der Waals surface area contributed by atoms with E-state index in [0.717, 1.165) is 24.0 Å². The Morgan fingerprint density at radius 1 is 1.12 bits per heavy atom. The number of halogens is 2. The third-order valence-corrected chi connectivity index (χ3v) is 5.21. The molecule has 168 valence electrons. The Bertz CT molecular complexity index is 1270. The fourth-order valence-corrected chi connectivity index (χ4v) is 3.46. The Labute approximate surface area is 198 Å². The number of aromatic nitrogens is 3. The van der Waals surface area contributed by atoms with E-state index < -0.39 is 0 Å². The van der Waals surface area contributed by atoms with Crippen molar-refractivity contribution in [1.29, 1.82) is 0 Å². The molecule has 1 aromatic carbocycles. The van der Waals surface area contributed by atoms with E-state index in [4.69, 9.17) is 0 Å². The zero-order valence-electron chi connectivity index (χ0n) is 17.9. The van der Waals surface area contributed by atoms with Gasteiger partial charge in [0.25, 0.3) is 11.5 Å². The number of rotatable bonds is 6. The molecular formula is C24H26Cl2N4O2. The van der Waals surface area contributed by atoms with Gasteiger partial charge in [-0.15, -0.1) is 24.8 Å². The van der Waals surface area contributed by atoms with Crippen LogP contribution in [0.25, 0.3) is 16.6 Å². The minimum absolute atomic E-state index is 0. The molecule has 1 N–H and O–H groups in total. The predicted octanol–water partition coefficient (Wildman–Crippen LogP) is 4.57. The molecule has 0 aliphatic carbocycles. The molecule has 4 rings (SSSR count). The second-order valence-corrected chi connectivity index (χ2v) is 7.71. The van der Waals surface area contributed by atoms with E-state index in [9.17, 15) is 9.59 Å². The van der Waals surface area contributed by atoms with E-state index in [2.05, 4.69) is 29.1 Å². The summed E-state index contributed by atoms with van der Waals surface area (Å²) in [4.78, 5) is 34.3. The summed E-state index contributed by atoms with van der Waals surface area (Å²) in [6.07, 6.45) is 6.81. The number of carbonyl (C=O) groups is 1. The van der Waals surface area contributed by atoms with Gasteiger partial charge in [0, 0.05) is 25.1 Å². The molecule has 0 atom stereocenters. The first-order chi connectivity index (χ1) is 14.5. The fourth-order valence-electron chi connectivity index (χ4n) is 3.46. The summed E-state index contributed by atoms with van der Waals surface area (Å²) in [7, 11) is 0. The number of nitrogens with one attached hydrogen (secondary N) is 1. The average Bonchev–Trinajstić information content (AvgIpc) is 2.77. The molecule has 0 fully saturated rings. The molecule has 0 spiro atoms. The molecule has 3 heterocycles. The molecule has 4 aromatic rings. The van der Waals surface area contributed by atoms with Crippen LogP contribution in [0, 0.1) is 0 Å². The maximum absolute atomic E-state index is 13.0. The lowest BCUT2D eigenvalue weighted by Gasteiger charge is -2.09. The van der Waals surface area contributed by atoms with Crippen LogP contribution in [0.4, 0.5) is 0 Å². The first kappa shape index (κ1) is 25.3. The number of hydrogen-bond donors (Lipinski definition) is 1. The van der Waals surface area contributed by atoms with Crippen LogP contribution in [0.5, 0.6) is 0 Å². The number of amides is 1. The van der Waals surface area contributed by atoms with Crippen molar-refractivity contribution in [2.45, 2.75) is 32.6 Å². The summed E-state index contributed by atoms with van der Waals surface area (Å²) in [5.74, 6) is 0.115. The second kappa shape index (κ2) is 11.1. The summed E-state index contributed by atoms with van der Waals surface area (Å²) in [5.41, 5.74) is 3.69. The summed E-state index contributed by atoms with van der Waals surface area (Å²) in [5, 5.41) is 3.48. The zero-order valence-corrected chi connectivity index (χ0v) is 19.6. The van der Waals surface area contributed by atoms with Crippen molar-refractivity contribution in [3.8, 4) is 0 Å². The molecule has 0 radical (unpaired) electrons. The lowest BCUT2D eigenvalue weighted by atomic mass is 10.0. The maximum Gasteiger partial charge on any atom is 0.265 e. The molecule has 3 aromatic heterocycles. The van der Waals surface area contributed by atoms with Crippen LogP contribution < -0.4 is 10.9 Å². The second-order valence-electron chi connectivity index (χ2n) is 7.71. The number of carbonyl (C=O) groups excluding carboxylic acids is 1. The van der Waals surface area contributed by atoms with E-state index >= 15 is 0 Å². The lowest BCUT2D eigenvalue weighted by Crippen LogP contribution is -2.26. The minimum atomic E-state index is -0.203. The van der Waals surface area contributed by atoms with Gasteiger partial charge in [-0.2, -0.15) is 0 Å². The molecular weight excluding hydrogens is 447 g/mol. The molecule has 8 heteroatoms. The first-order valence-electron chi connectivity index (χ1n) is 10.2. The van der Waals surface area contributed by atoms with Crippen molar-refractivity contribution < 1.29 is 4.79 Å². The Morgan fingerprint density at radius 2 is 1.94 bits per heavy atom. The molecule has 32 heavy (non-hydrogen) atoms. The van der Waals surface area contributed by atoms with Gasteiger partial charge in [0.15, 0.2) is 0 Å². The van der Waals surface area contributed by atoms with E-state index in [1.165, 1.54) is 4.40 Å². The summed E-state index contributed by atoms with van der Waals surface area (Å²) in [6.45, 7) is 4.72. The van der Waals surface area contributed by atoms with Crippen LogP contribution in [0.15, 0.2) is 65.8 Å².